The van der Waals surface area contributed by atoms with Gasteiger partial charge in [-0.25, -0.2) is 4.39 Å². The average molecular weight is 229 g/mol. The summed E-state index contributed by atoms with van der Waals surface area (Å²) in [5, 5.41) is 0. The smallest absolute Gasteiger partial charge is 0.107 e. The van der Waals surface area contributed by atoms with E-state index >= 15 is 0 Å². The number of hydrogen-bond acceptors (Lipinski definition) is 2. The Bertz CT molecular complexity index is 216. The fourth-order valence-electron chi connectivity index (χ4n) is 2.70. The monoisotopic (exact) mass is 229 g/mol. The second-order valence-electron chi connectivity index (χ2n) is 5.56. The van der Waals surface area contributed by atoms with Crippen molar-refractivity contribution in [2.24, 2.45) is 11.8 Å². The third-order valence-electron chi connectivity index (χ3n) is 4.20. The van der Waals surface area contributed by atoms with Crippen LogP contribution in [-0.4, -0.2) is 43.4 Å². The fourth-order valence-corrected chi connectivity index (χ4v) is 2.70. The molecule has 2 aliphatic heterocycles. The Kier molecular flexibility index (Phi) is 4.20. The van der Waals surface area contributed by atoms with Gasteiger partial charge in [0.1, 0.15) is 6.17 Å². The Hall–Kier alpha value is -0.150. The molecular weight excluding hydrogens is 205 g/mol. The van der Waals surface area contributed by atoms with Gasteiger partial charge in [0.25, 0.3) is 0 Å². The molecule has 0 radical (unpaired) electrons. The Balaban J connectivity index is 1.80. The lowest BCUT2D eigenvalue weighted by molar-refractivity contribution is -0.0749. The summed E-state index contributed by atoms with van der Waals surface area (Å²) in [6.07, 6.45) is 2.58. The summed E-state index contributed by atoms with van der Waals surface area (Å²) in [5.41, 5.74) is 0. The molecule has 2 heterocycles. The molecule has 0 unspecified atom stereocenters. The van der Waals surface area contributed by atoms with Crippen molar-refractivity contribution in [1.29, 1.82) is 0 Å². The molecule has 0 bridgehead atoms. The van der Waals surface area contributed by atoms with Crippen molar-refractivity contribution < 1.29 is 9.13 Å². The van der Waals surface area contributed by atoms with Gasteiger partial charge in [-0.3, -0.25) is 0 Å². The fraction of sp³-hybridized carbons (Fsp3) is 1.00. The second kappa shape index (κ2) is 5.46. The van der Waals surface area contributed by atoms with Crippen LogP contribution < -0.4 is 0 Å². The normalized spacial score (nSPS) is 38.8. The van der Waals surface area contributed by atoms with E-state index in [9.17, 15) is 4.39 Å². The van der Waals surface area contributed by atoms with E-state index in [0.717, 1.165) is 25.6 Å². The summed E-state index contributed by atoms with van der Waals surface area (Å²) in [6.45, 7) is 8.14. The van der Waals surface area contributed by atoms with Crippen LogP contribution in [0.25, 0.3) is 0 Å². The first-order valence-corrected chi connectivity index (χ1v) is 6.65. The largest absolute Gasteiger partial charge is 0.376 e. The summed E-state index contributed by atoms with van der Waals surface area (Å²) < 4.78 is 19.3. The van der Waals surface area contributed by atoms with Crippen molar-refractivity contribution in [3.05, 3.63) is 0 Å². The third-order valence-corrected chi connectivity index (χ3v) is 4.20. The summed E-state index contributed by atoms with van der Waals surface area (Å²) in [6, 6.07) is 0. The van der Waals surface area contributed by atoms with Crippen molar-refractivity contribution in [2.75, 3.05) is 26.2 Å². The number of ether oxygens (including phenoxy) is 1. The van der Waals surface area contributed by atoms with Crippen LogP contribution in [0.2, 0.25) is 0 Å². The van der Waals surface area contributed by atoms with E-state index < -0.39 is 6.17 Å². The zero-order valence-electron chi connectivity index (χ0n) is 10.5. The van der Waals surface area contributed by atoms with Gasteiger partial charge in [-0.2, -0.15) is 0 Å². The summed E-state index contributed by atoms with van der Waals surface area (Å²) in [7, 11) is 0. The van der Waals surface area contributed by atoms with Crippen LogP contribution in [0, 0.1) is 11.8 Å². The van der Waals surface area contributed by atoms with Gasteiger partial charge in [-0.05, 0) is 31.8 Å². The molecule has 2 nitrogen and oxygen atoms in total. The maximum Gasteiger partial charge on any atom is 0.107 e. The van der Waals surface area contributed by atoms with Crippen molar-refractivity contribution in [3.63, 3.8) is 0 Å². The van der Waals surface area contributed by atoms with Gasteiger partial charge in [-0.15, -0.1) is 0 Å². The Labute approximate surface area is 98.1 Å². The minimum Gasteiger partial charge on any atom is -0.376 e. The molecule has 0 aliphatic carbocycles. The van der Waals surface area contributed by atoms with Crippen LogP contribution in [0.15, 0.2) is 0 Å². The number of likely N-dealkylation sites (tertiary alicyclic amines) is 1. The van der Waals surface area contributed by atoms with Crippen LogP contribution in [0.5, 0.6) is 0 Å². The molecule has 94 valence electrons. The van der Waals surface area contributed by atoms with Gasteiger partial charge in [0.15, 0.2) is 0 Å². The molecule has 0 N–H and O–H groups in total. The van der Waals surface area contributed by atoms with Crippen molar-refractivity contribution in [2.45, 2.75) is 45.4 Å². The lowest BCUT2D eigenvalue weighted by Crippen LogP contribution is -2.46. The standard InChI is InChI=1S/C13H24FNO/c1-10-3-6-15(7-4-10)9-13-11(2)12(14)5-8-16-13/h10-13H,3-9H2,1-2H3/t11-,12-,13+/m0/s1. The third kappa shape index (κ3) is 2.95. The molecular formula is C13H24FNO. The summed E-state index contributed by atoms with van der Waals surface area (Å²) in [5.74, 6) is 0.919. The molecule has 2 rings (SSSR count). The van der Waals surface area contributed by atoms with Crippen molar-refractivity contribution in [3.8, 4) is 0 Å². The van der Waals surface area contributed by atoms with Gasteiger partial charge in [-0.1, -0.05) is 13.8 Å². The van der Waals surface area contributed by atoms with Crippen LogP contribution in [0.1, 0.15) is 33.1 Å². The Morgan fingerprint density at radius 2 is 1.88 bits per heavy atom. The minimum absolute atomic E-state index is 0.0631. The lowest BCUT2D eigenvalue weighted by atomic mass is 9.92. The molecule has 0 aromatic rings. The minimum atomic E-state index is -0.664. The molecule has 3 atom stereocenters. The van der Waals surface area contributed by atoms with Crippen molar-refractivity contribution >= 4 is 0 Å². The highest BCUT2D eigenvalue weighted by Crippen LogP contribution is 2.25. The zero-order valence-corrected chi connectivity index (χ0v) is 10.5. The maximum atomic E-state index is 13.5. The quantitative estimate of drug-likeness (QED) is 0.721. The van der Waals surface area contributed by atoms with E-state index in [2.05, 4.69) is 11.8 Å². The van der Waals surface area contributed by atoms with Crippen LogP contribution in [-0.2, 0) is 4.74 Å². The lowest BCUT2D eigenvalue weighted by Gasteiger charge is -2.38. The first kappa shape index (κ1) is 12.3. The molecule has 0 amide bonds. The van der Waals surface area contributed by atoms with E-state index in [1.165, 1.54) is 12.8 Å². The maximum absolute atomic E-state index is 13.5. The first-order valence-electron chi connectivity index (χ1n) is 6.65. The molecule has 0 aromatic carbocycles. The Morgan fingerprint density at radius 3 is 2.56 bits per heavy atom. The molecule has 0 aromatic heterocycles. The average Bonchev–Trinajstić information content (AvgIpc) is 2.28. The molecule has 2 aliphatic rings. The molecule has 16 heavy (non-hydrogen) atoms. The number of hydrogen-bond donors (Lipinski definition) is 0. The topological polar surface area (TPSA) is 12.5 Å². The van der Waals surface area contributed by atoms with Crippen LogP contribution in [0.4, 0.5) is 4.39 Å². The van der Waals surface area contributed by atoms with E-state index in [1.54, 1.807) is 0 Å². The molecule has 2 saturated heterocycles. The van der Waals surface area contributed by atoms with Gasteiger partial charge in [0, 0.05) is 25.5 Å². The number of nitrogens with zero attached hydrogens (tertiary/aromatic N) is 1. The SMILES string of the molecule is CC1CCN(C[C@H]2OCC[C@H](F)[C@@H]2C)CC1. The van der Waals surface area contributed by atoms with Gasteiger partial charge < -0.3 is 9.64 Å². The summed E-state index contributed by atoms with van der Waals surface area (Å²) >= 11 is 0. The van der Waals surface area contributed by atoms with Gasteiger partial charge in [0.2, 0.25) is 0 Å². The summed E-state index contributed by atoms with van der Waals surface area (Å²) in [4.78, 5) is 2.44. The van der Waals surface area contributed by atoms with E-state index in [4.69, 9.17) is 4.74 Å². The van der Waals surface area contributed by atoms with Crippen LogP contribution in [0.3, 0.4) is 0 Å². The predicted octanol–water partition coefficient (Wildman–Crippen LogP) is 2.48. The van der Waals surface area contributed by atoms with Crippen LogP contribution >= 0.6 is 0 Å². The highest BCUT2D eigenvalue weighted by molar-refractivity contribution is 4.82. The van der Waals surface area contributed by atoms with E-state index in [-0.39, 0.29) is 12.0 Å². The van der Waals surface area contributed by atoms with Gasteiger partial charge >= 0.3 is 0 Å². The molecule has 2 fully saturated rings. The number of halogens is 1. The molecule has 3 heteroatoms. The Morgan fingerprint density at radius 1 is 1.19 bits per heavy atom. The second-order valence-corrected chi connectivity index (χ2v) is 5.56. The highest BCUT2D eigenvalue weighted by Gasteiger charge is 2.32. The zero-order chi connectivity index (χ0) is 11.5. The number of rotatable bonds is 2. The van der Waals surface area contributed by atoms with E-state index in [1.807, 2.05) is 6.92 Å². The number of piperidine rings is 1. The van der Waals surface area contributed by atoms with Crippen molar-refractivity contribution in [1.82, 2.24) is 4.90 Å². The molecule has 0 spiro atoms. The predicted molar refractivity (Wildman–Crippen MR) is 63.3 cm³/mol. The number of alkyl halides is 1. The first-order chi connectivity index (χ1) is 7.66. The van der Waals surface area contributed by atoms with E-state index in [0.29, 0.717) is 13.0 Å². The van der Waals surface area contributed by atoms with Gasteiger partial charge in [0.05, 0.1) is 6.10 Å². The molecule has 0 saturated carbocycles. The highest BCUT2D eigenvalue weighted by atomic mass is 19.1.